The maximum absolute atomic E-state index is 12.3. The number of carbonyl (C=O) groups excluding carboxylic acids is 1. The van der Waals surface area contributed by atoms with E-state index in [1.165, 1.54) is 0 Å². The number of amides is 2. The molecular weight excluding hydrogens is 322 g/mol. The third-order valence-corrected chi connectivity index (χ3v) is 5.21. The molecule has 1 atom stereocenters. The maximum Gasteiger partial charge on any atom is 0.317 e. The molecule has 1 aromatic carbocycles. The lowest BCUT2D eigenvalue weighted by molar-refractivity contribution is 0.111. The van der Waals surface area contributed by atoms with Crippen LogP contribution in [-0.2, 0) is 0 Å². The van der Waals surface area contributed by atoms with Gasteiger partial charge >= 0.3 is 6.03 Å². The van der Waals surface area contributed by atoms with Crippen LogP contribution in [0.4, 0.5) is 4.79 Å². The van der Waals surface area contributed by atoms with Gasteiger partial charge < -0.3 is 15.0 Å². The highest BCUT2D eigenvalue weighted by molar-refractivity contribution is 7.09. The molecule has 1 N–H and O–H groups in total. The predicted octanol–water partition coefficient (Wildman–Crippen LogP) is 3.50. The van der Waals surface area contributed by atoms with Crippen LogP contribution in [0.1, 0.15) is 30.7 Å². The Hall–Kier alpha value is -2.08. The van der Waals surface area contributed by atoms with Gasteiger partial charge in [0.25, 0.3) is 0 Å². The molecule has 1 aliphatic heterocycles. The van der Waals surface area contributed by atoms with E-state index in [1.807, 2.05) is 40.6 Å². The molecule has 2 heterocycles. The topological polar surface area (TPSA) is 54.5 Å². The number of nitrogens with zero attached hydrogens (tertiary/aromatic N) is 2. The summed E-state index contributed by atoms with van der Waals surface area (Å²) in [6, 6.07) is 9.88. The lowest BCUT2D eigenvalue weighted by atomic mass is 10.1. The molecule has 0 spiro atoms. The van der Waals surface area contributed by atoms with Crippen molar-refractivity contribution in [1.29, 1.82) is 0 Å². The van der Waals surface area contributed by atoms with Crippen LogP contribution in [0.5, 0.6) is 5.75 Å². The summed E-state index contributed by atoms with van der Waals surface area (Å²) in [7, 11) is 0. The first-order valence-electron chi connectivity index (χ1n) is 8.36. The third kappa shape index (κ3) is 4.47. The maximum atomic E-state index is 12.3. The van der Waals surface area contributed by atoms with Crippen LogP contribution in [0, 0.1) is 0 Å². The fourth-order valence-corrected chi connectivity index (χ4v) is 3.48. The molecule has 0 bridgehead atoms. The number of nitrogens with one attached hydrogen (secondary N) is 1. The van der Waals surface area contributed by atoms with Gasteiger partial charge in [-0.15, -0.1) is 11.3 Å². The van der Waals surface area contributed by atoms with E-state index in [-0.39, 0.29) is 18.1 Å². The van der Waals surface area contributed by atoms with Crippen molar-refractivity contribution >= 4 is 17.4 Å². The van der Waals surface area contributed by atoms with Crippen molar-refractivity contribution < 1.29 is 9.53 Å². The molecule has 5 nitrogen and oxygen atoms in total. The Bertz CT molecular complexity index is 625. The summed E-state index contributed by atoms with van der Waals surface area (Å²) in [5.41, 5.74) is 0. The number of carbonyl (C=O) groups is 1. The molecular formula is C18H23N3O2S. The second kappa shape index (κ2) is 8.15. The molecule has 0 saturated carbocycles. The fourth-order valence-electron chi connectivity index (χ4n) is 2.79. The van der Waals surface area contributed by atoms with Gasteiger partial charge in [-0.2, -0.15) is 0 Å². The monoisotopic (exact) mass is 345 g/mol. The van der Waals surface area contributed by atoms with Crippen LogP contribution in [0.25, 0.3) is 0 Å². The summed E-state index contributed by atoms with van der Waals surface area (Å²) in [6.45, 7) is 4.16. The Kier molecular flexibility index (Phi) is 5.69. The van der Waals surface area contributed by atoms with E-state index in [2.05, 4.69) is 17.2 Å². The molecule has 2 amide bonds. The van der Waals surface area contributed by atoms with Crippen LogP contribution in [0.2, 0.25) is 0 Å². The van der Waals surface area contributed by atoms with Crippen molar-refractivity contribution in [1.82, 2.24) is 15.2 Å². The van der Waals surface area contributed by atoms with Crippen LogP contribution in [0.3, 0.4) is 0 Å². The normalized spacial score (nSPS) is 16.6. The number of aromatic nitrogens is 1. The third-order valence-electron chi connectivity index (χ3n) is 4.21. The van der Waals surface area contributed by atoms with E-state index >= 15 is 0 Å². The number of ether oxygens (including phenoxy) is 1. The quantitative estimate of drug-likeness (QED) is 0.902. The van der Waals surface area contributed by atoms with Crippen molar-refractivity contribution in [3.8, 4) is 5.75 Å². The Morgan fingerprint density at radius 3 is 2.79 bits per heavy atom. The second-order valence-corrected chi connectivity index (χ2v) is 7.00. The minimum atomic E-state index is 0.0107. The summed E-state index contributed by atoms with van der Waals surface area (Å²) in [6.07, 6.45) is 3.72. The van der Waals surface area contributed by atoms with Gasteiger partial charge in [-0.3, -0.25) is 0 Å². The van der Waals surface area contributed by atoms with E-state index in [0.29, 0.717) is 6.54 Å². The molecule has 1 aliphatic rings. The van der Waals surface area contributed by atoms with E-state index < -0.39 is 0 Å². The standard InChI is InChI=1S/C18H23N3O2S/c1-14(17-19-9-12-24-17)13-20-18(22)21-10-7-16(8-11-21)23-15-5-3-2-4-6-15/h2-6,9,12,14,16H,7-8,10-11,13H2,1H3,(H,20,22)/t14-/m1/s1. The number of para-hydroxylation sites is 1. The average Bonchev–Trinajstić information content (AvgIpc) is 3.16. The van der Waals surface area contributed by atoms with Crippen molar-refractivity contribution in [2.75, 3.05) is 19.6 Å². The Morgan fingerprint density at radius 1 is 1.38 bits per heavy atom. The number of rotatable bonds is 5. The van der Waals surface area contributed by atoms with Crippen molar-refractivity contribution in [2.24, 2.45) is 0 Å². The van der Waals surface area contributed by atoms with Crippen molar-refractivity contribution in [2.45, 2.75) is 31.8 Å². The average molecular weight is 345 g/mol. The van der Waals surface area contributed by atoms with Gasteiger partial charge in [-0.05, 0) is 12.1 Å². The lowest BCUT2D eigenvalue weighted by Crippen LogP contribution is -2.47. The molecule has 2 aromatic rings. The molecule has 3 rings (SSSR count). The molecule has 6 heteroatoms. The largest absolute Gasteiger partial charge is 0.490 e. The van der Waals surface area contributed by atoms with Crippen LogP contribution in [0.15, 0.2) is 41.9 Å². The summed E-state index contributed by atoms with van der Waals surface area (Å²) in [4.78, 5) is 18.5. The highest BCUT2D eigenvalue weighted by atomic mass is 32.1. The minimum absolute atomic E-state index is 0.0107. The first kappa shape index (κ1) is 16.8. The summed E-state index contributed by atoms with van der Waals surface area (Å²) in [5.74, 6) is 1.14. The van der Waals surface area contributed by atoms with Gasteiger partial charge in [0, 0.05) is 50.0 Å². The van der Waals surface area contributed by atoms with Gasteiger partial charge in [0.05, 0.1) is 5.01 Å². The zero-order valence-corrected chi connectivity index (χ0v) is 14.7. The molecule has 128 valence electrons. The van der Waals surface area contributed by atoms with Gasteiger partial charge in [0.1, 0.15) is 11.9 Å². The Balaban J connectivity index is 1.40. The van der Waals surface area contributed by atoms with E-state index in [1.54, 1.807) is 17.5 Å². The van der Waals surface area contributed by atoms with Gasteiger partial charge in [-0.25, -0.2) is 9.78 Å². The summed E-state index contributed by atoms with van der Waals surface area (Å²) < 4.78 is 5.97. The van der Waals surface area contributed by atoms with Gasteiger partial charge in [-0.1, -0.05) is 25.1 Å². The van der Waals surface area contributed by atoms with Crippen LogP contribution in [-0.4, -0.2) is 41.7 Å². The molecule has 0 radical (unpaired) electrons. The van der Waals surface area contributed by atoms with Gasteiger partial charge in [0.2, 0.25) is 0 Å². The van der Waals surface area contributed by atoms with E-state index in [0.717, 1.165) is 36.7 Å². The minimum Gasteiger partial charge on any atom is -0.490 e. The number of likely N-dealkylation sites (tertiary alicyclic amines) is 1. The molecule has 1 saturated heterocycles. The number of urea groups is 1. The zero-order valence-electron chi connectivity index (χ0n) is 13.9. The predicted molar refractivity (Wildman–Crippen MR) is 95.6 cm³/mol. The molecule has 24 heavy (non-hydrogen) atoms. The zero-order chi connectivity index (χ0) is 16.8. The molecule has 1 aromatic heterocycles. The van der Waals surface area contributed by atoms with Gasteiger partial charge in [0.15, 0.2) is 0 Å². The SMILES string of the molecule is C[C@H](CNC(=O)N1CCC(Oc2ccccc2)CC1)c1nccs1. The number of benzene rings is 1. The summed E-state index contributed by atoms with van der Waals surface area (Å²) in [5, 5.41) is 6.04. The first-order chi connectivity index (χ1) is 11.7. The number of hydrogen-bond acceptors (Lipinski definition) is 4. The van der Waals surface area contributed by atoms with Crippen molar-refractivity contribution in [3.63, 3.8) is 0 Å². The van der Waals surface area contributed by atoms with Crippen molar-refractivity contribution in [3.05, 3.63) is 46.9 Å². The number of thiazole rings is 1. The fraction of sp³-hybridized carbons (Fsp3) is 0.444. The number of piperidine rings is 1. The number of hydrogen-bond donors (Lipinski definition) is 1. The lowest BCUT2D eigenvalue weighted by Gasteiger charge is -2.32. The van der Waals surface area contributed by atoms with Crippen LogP contribution < -0.4 is 10.1 Å². The molecule has 1 fully saturated rings. The Morgan fingerprint density at radius 2 is 2.12 bits per heavy atom. The molecule has 0 unspecified atom stereocenters. The second-order valence-electron chi connectivity index (χ2n) is 6.07. The molecule has 0 aliphatic carbocycles. The smallest absolute Gasteiger partial charge is 0.317 e. The summed E-state index contributed by atoms with van der Waals surface area (Å²) >= 11 is 1.63. The first-order valence-corrected chi connectivity index (χ1v) is 9.24. The van der Waals surface area contributed by atoms with E-state index in [9.17, 15) is 4.79 Å². The highest BCUT2D eigenvalue weighted by Gasteiger charge is 2.24. The highest BCUT2D eigenvalue weighted by Crippen LogP contribution is 2.19. The van der Waals surface area contributed by atoms with E-state index in [4.69, 9.17) is 4.74 Å². The Labute approximate surface area is 146 Å². The van der Waals surface area contributed by atoms with Crippen LogP contribution >= 0.6 is 11.3 Å².